The van der Waals surface area contributed by atoms with E-state index in [0.717, 1.165) is 5.56 Å². The van der Waals surface area contributed by atoms with E-state index in [0.29, 0.717) is 24.6 Å². The van der Waals surface area contributed by atoms with Crippen LogP contribution in [0.2, 0.25) is 0 Å². The zero-order valence-electron chi connectivity index (χ0n) is 21.0. The van der Waals surface area contributed by atoms with Gasteiger partial charge in [-0.3, -0.25) is 14.2 Å². The Morgan fingerprint density at radius 1 is 1.03 bits per heavy atom. The van der Waals surface area contributed by atoms with Gasteiger partial charge in [-0.05, 0) is 43.0 Å². The maximum absolute atomic E-state index is 13.9. The lowest BCUT2D eigenvalue weighted by Crippen LogP contribution is -2.48. The SMILES string of the molecule is CCC(=O)OCn1ccc2c(S(=O)(=O)N3CCC(NC(=O)OCc4ccccc4)C34CC4)cccc2c1=O. The number of ether oxygens (including phenoxy) is 2. The van der Waals surface area contributed by atoms with Crippen LogP contribution < -0.4 is 10.9 Å². The Balaban J connectivity index is 1.35. The van der Waals surface area contributed by atoms with Crippen molar-refractivity contribution in [1.29, 1.82) is 0 Å². The lowest BCUT2D eigenvalue weighted by molar-refractivity contribution is -0.147. The van der Waals surface area contributed by atoms with Crippen LogP contribution in [-0.4, -0.2) is 47.5 Å². The van der Waals surface area contributed by atoms with Crippen molar-refractivity contribution in [2.24, 2.45) is 0 Å². The van der Waals surface area contributed by atoms with Gasteiger partial charge in [0.15, 0.2) is 6.73 Å². The molecule has 10 nitrogen and oxygen atoms in total. The quantitative estimate of drug-likeness (QED) is 0.436. The van der Waals surface area contributed by atoms with Crippen molar-refractivity contribution in [3.63, 3.8) is 0 Å². The number of nitrogens with zero attached hydrogens (tertiary/aromatic N) is 2. The van der Waals surface area contributed by atoms with Gasteiger partial charge in [0, 0.05) is 29.9 Å². The molecule has 1 unspecified atom stereocenters. The largest absolute Gasteiger partial charge is 0.445 e. The number of hydrogen-bond donors (Lipinski definition) is 1. The third kappa shape index (κ3) is 4.79. The van der Waals surface area contributed by atoms with Gasteiger partial charge in [-0.15, -0.1) is 0 Å². The van der Waals surface area contributed by atoms with E-state index in [9.17, 15) is 22.8 Å². The molecule has 0 radical (unpaired) electrons. The van der Waals surface area contributed by atoms with Crippen LogP contribution in [0.25, 0.3) is 10.8 Å². The number of aromatic nitrogens is 1. The van der Waals surface area contributed by atoms with Gasteiger partial charge in [0.1, 0.15) is 6.61 Å². The average molecular weight is 540 g/mol. The number of sulfonamides is 1. The molecule has 1 saturated heterocycles. The minimum absolute atomic E-state index is 0.0309. The molecule has 38 heavy (non-hydrogen) atoms. The zero-order valence-corrected chi connectivity index (χ0v) is 21.8. The Morgan fingerprint density at radius 2 is 1.79 bits per heavy atom. The molecule has 5 rings (SSSR count). The fourth-order valence-corrected chi connectivity index (χ4v) is 7.17. The Kier molecular flexibility index (Phi) is 6.97. The number of esters is 1. The van der Waals surface area contributed by atoms with Crippen molar-refractivity contribution < 1.29 is 27.5 Å². The van der Waals surface area contributed by atoms with Gasteiger partial charge in [0.2, 0.25) is 10.0 Å². The molecule has 2 fully saturated rings. The molecule has 11 heteroatoms. The number of alkyl carbamates (subject to hydrolysis) is 1. The van der Waals surface area contributed by atoms with E-state index in [2.05, 4.69) is 5.32 Å². The molecular formula is C27H29N3O7S. The lowest BCUT2D eigenvalue weighted by Gasteiger charge is -2.28. The van der Waals surface area contributed by atoms with Crippen LogP contribution in [-0.2, 0) is 37.6 Å². The first kappa shape index (κ1) is 25.9. The summed E-state index contributed by atoms with van der Waals surface area (Å²) < 4.78 is 40.9. The summed E-state index contributed by atoms with van der Waals surface area (Å²) in [7, 11) is -3.99. The molecule has 2 aliphatic rings. The molecule has 1 saturated carbocycles. The number of carbonyl (C=O) groups excluding carboxylic acids is 2. The molecule has 1 aromatic heterocycles. The van der Waals surface area contributed by atoms with Gasteiger partial charge < -0.3 is 14.8 Å². The number of benzene rings is 2. The molecule has 1 amide bonds. The topological polar surface area (TPSA) is 124 Å². The van der Waals surface area contributed by atoms with Crippen LogP contribution >= 0.6 is 0 Å². The van der Waals surface area contributed by atoms with Gasteiger partial charge in [-0.1, -0.05) is 43.3 Å². The minimum Gasteiger partial charge on any atom is -0.445 e. The standard InChI is InChI=1S/C27H29N3O7S/c1-2-24(31)37-18-29-15-11-20-21(25(29)32)9-6-10-22(20)38(34,35)30-16-12-23(27(30)13-14-27)28-26(33)36-17-19-7-4-3-5-8-19/h3-11,15,23H,2,12-14,16-18H2,1H3,(H,28,33). The van der Waals surface area contributed by atoms with Crippen molar-refractivity contribution in [1.82, 2.24) is 14.2 Å². The van der Waals surface area contributed by atoms with E-state index in [4.69, 9.17) is 9.47 Å². The molecular weight excluding hydrogens is 510 g/mol. The maximum Gasteiger partial charge on any atom is 0.407 e. The van der Waals surface area contributed by atoms with Crippen LogP contribution in [0.1, 0.15) is 38.2 Å². The summed E-state index contributed by atoms with van der Waals surface area (Å²) in [6.45, 7) is 1.77. The van der Waals surface area contributed by atoms with E-state index in [1.807, 2.05) is 30.3 Å². The van der Waals surface area contributed by atoms with E-state index in [-0.39, 0.29) is 42.6 Å². The molecule has 1 atom stereocenters. The lowest BCUT2D eigenvalue weighted by atomic mass is 10.1. The first-order valence-corrected chi connectivity index (χ1v) is 14.0. The smallest absolute Gasteiger partial charge is 0.407 e. The second kappa shape index (κ2) is 10.2. The van der Waals surface area contributed by atoms with E-state index < -0.39 is 33.2 Å². The maximum atomic E-state index is 13.9. The van der Waals surface area contributed by atoms with Crippen LogP contribution in [0, 0.1) is 0 Å². The van der Waals surface area contributed by atoms with Crippen molar-refractivity contribution in [2.45, 2.75) is 62.4 Å². The van der Waals surface area contributed by atoms with Gasteiger partial charge >= 0.3 is 12.1 Å². The number of amides is 1. The monoisotopic (exact) mass is 539 g/mol. The minimum atomic E-state index is -3.99. The molecule has 2 heterocycles. The van der Waals surface area contributed by atoms with E-state index in [1.165, 1.54) is 27.2 Å². The molecule has 1 spiro atoms. The molecule has 0 bridgehead atoms. The van der Waals surface area contributed by atoms with Crippen LogP contribution in [0.4, 0.5) is 4.79 Å². The number of carbonyl (C=O) groups is 2. The van der Waals surface area contributed by atoms with Crippen LogP contribution in [0.5, 0.6) is 0 Å². The first-order valence-electron chi connectivity index (χ1n) is 12.5. The van der Waals surface area contributed by atoms with Crippen LogP contribution in [0.3, 0.4) is 0 Å². The number of hydrogen-bond acceptors (Lipinski definition) is 7. The molecule has 2 aromatic carbocycles. The fraction of sp³-hybridized carbons (Fsp3) is 0.370. The zero-order chi connectivity index (χ0) is 26.9. The Bertz CT molecular complexity index is 1530. The van der Waals surface area contributed by atoms with E-state index >= 15 is 0 Å². The highest BCUT2D eigenvalue weighted by atomic mass is 32.2. The Hall–Kier alpha value is -3.70. The number of rotatable bonds is 8. The predicted molar refractivity (Wildman–Crippen MR) is 139 cm³/mol. The second-order valence-corrected chi connectivity index (χ2v) is 11.4. The summed E-state index contributed by atoms with van der Waals surface area (Å²) >= 11 is 0. The summed E-state index contributed by atoms with van der Waals surface area (Å²) in [5.74, 6) is -0.441. The molecule has 200 valence electrons. The van der Waals surface area contributed by atoms with Gasteiger partial charge in [-0.2, -0.15) is 4.31 Å². The highest BCUT2D eigenvalue weighted by molar-refractivity contribution is 7.89. The summed E-state index contributed by atoms with van der Waals surface area (Å²) in [4.78, 5) is 37.0. The third-order valence-electron chi connectivity index (χ3n) is 7.23. The number of nitrogens with one attached hydrogen (secondary N) is 1. The van der Waals surface area contributed by atoms with Gasteiger partial charge in [0.05, 0.1) is 16.5 Å². The number of pyridine rings is 1. The Morgan fingerprint density at radius 3 is 2.50 bits per heavy atom. The molecule has 1 aliphatic heterocycles. The highest BCUT2D eigenvalue weighted by Gasteiger charge is 2.62. The second-order valence-electron chi connectivity index (χ2n) is 9.54. The summed E-state index contributed by atoms with van der Waals surface area (Å²) in [6.07, 6.45) is 2.73. The third-order valence-corrected chi connectivity index (χ3v) is 9.27. The normalized spacial score (nSPS) is 18.4. The van der Waals surface area contributed by atoms with Crippen molar-refractivity contribution in [2.75, 3.05) is 6.54 Å². The van der Waals surface area contributed by atoms with Crippen molar-refractivity contribution in [3.05, 3.63) is 76.7 Å². The summed E-state index contributed by atoms with van der Waals surface area (Å²) in [5.41, 5.74) is -0.305. The molecule has 1 aliphatic carbocycles. The van der Waals surface area contributed by atoms with Gasteiger partial charge in [-0.25, -0.2) is 13.2 Å². The number of fused-ring (bicyclic) bond motifs is 1. The summed E-state index contributed by atoms with van der Waals surface area (Å²) in [6, 6.07) is 15.1. The van der Waals surface area contributed by atoms with Crippen LogP contribution in [0.15, 0.2) is 70.5 Å². The fourth-order valence-electron chi connectivity index (χ4n) is 5.09. The highest BCUT2D eigenvalue weighted by Crippen LogP contribution is 2.52. The van der Waals surface area contributed by atoms with Crippen molar-refractivity contribution >= 4 is 32.9 Å². The predicted octanol–water partition coefficient (Wildman–Crippen LogP) is 3.13. The molecule has 3 aromatic rings. The summed E-state index contributed by atoms with van der Waals surface area (Å²) in [5, 5.41) is 3.38. The van der Waals surface area contributed by atoms with Gasteiger partial charge in [0.25, 0.3) is 5.56 Å². The van der Waals surface area contributed by atoms with Crippen molar-refractivity contribution in [3.8, 4) is 0 Å². The first-order chi connectivity index (χ1) is 18.3. The molecule has 1 N–H and O–H groups in total. The Labute approximate surface area is 220 Å². The average Bonchev–Trinajstić information content (AvgIpc) is 3.64. The van der Waals surface area contributed by atoms with E-state index in [1.54, 1.807) is 19.1 Å².